The summed E-state index contributed by atoms with van der Waals surface area (Å²) in [5, 5.41) is 10.8. The summed E-state index contributed by atoms with van der Waals surface area (Å²) >= 11 is 0. The first kappa shape index (κ1) is 17.3. The molecule has 9 heteroatoms. The van der Waals surface area contributed by atoms with Crippen LogP contribution in [0.1, 0.15) is 20.8 Å². The van der Waals surface area contributed by atoms with Gasteiger partial charge in [0.05, 0.1) is 15.4 Å². The average molecular weight is 317 g/mol. The fourth-order valence-corrected chi connectivity index (χ4v) is 2.86. The Labute approximate surface area is 123 Å². The first-order valence-corrected chi connectivity index (χ1v) is 7.75. The molecule has 0 heterocycles. The topological polar surface area (TPSA) is 125 Å². The van der Waals surface area contributed by atoms with E-state index in [1.54, 1.807) is 20.8 Å². The standard InChI is InChI=1S/C12H19N3O5S/c1-4-20-12(2,3)8-14-21(18,19)9-5-6-10(13)11(7-9)15(16)17/h5-7,14H,4,8,13H2,1-3H3. The highest BCUT2D eigenvalue weighted by atomic mass is 32.2. The van der Waals surface area contributed by atoms with E-state index in [9.17, 15) is 18.5 Å². The normalized spacial score (nSPS) is 12.3. The van der Waals surface area contributed by atoms with Crippen LogP contribution >= 0.6 is 0 Å². The molecule has 0 fully saturated rings. The van der Waals surface area contributed by atoms with Gasteiger partial charge in [0, 0.05) is 19.2 Å². The van der Waals surface area contributed by atoms with Gasteiger partial charge in [-0.2, -0.15) is 0 Å². The van der Waals surface area contributed by atoms with Gasteiger partial charge in [0.1, 0.15) is 5.69 Å². The molecule has 3 N–H and O–H groups in total. The number of rotatable bonds is 7. The van der Waals surface area contributed by atoms with Crippen LogP contribution < -0.4 is 10.5 Å². The molecule has 0 amide bonds. The van der Waals surface area contributed by atoms with Gasteiger partial charge < -0.3 is 10.5 Å². The first-order valence-electron chi connectivity index (χ1n) is 6.26. The lowest BCUT2D eigenvalue weighted by atomic mass is 10.1. The second-order valence-corrected chi connectivity index (χ2v) is 6.76. The van der Waals surface area contributed by atoms with Crippen molar-refractivity contribution in [3.05, 3.63) is 28.3 Å². The Kier molecular flexibility index (Phi) is 5.26. The lowest BCUT2D eigenvalue weighted by molar-refractivity contribution is -0.384. The fraction of sp³-hybridized carbons (Fsp3) is 0.500. The van der Waals surface area contributed by atoms with Gasteiger partial charge in [-0.15, -0.1) is 0 Å². The molecule has 0 aliphatic carbocycles. The largest absolute Gasteiger partial charge is 0.393 e. The van der Waals surface area contributed by atoms with E-state index in [0.29, 0.717) is 6.61 Å². The van der Waals surface area contributed by atoms with E-state index < -0.39 is 26.2 Å². The van der Waals surface area contributed by atoms with Crippen molar-refractivity contribution >= 4 is 21.4 Å². The van der Waals surface area contributed by atoms with Crippen molar-refractivity contribution in [2.75, 3.05) is 18.9 Å². The maximum absolute atomic E-state index is 12.1. The minimum absolute atomic E-state index is 0.0430. The SMILES string of the molecule is CCOC(C)(C)CNS(=O)(=O)c1ccc(N)c([N+](=O)[O-])c1. The van der Waals surface area contributed by atoms with Crippen LogP contribution in [0.5, 0.6) is 0 Å². The van der Waals surface area contributed by atoms with Gasteiger partial charge >= 0.3 is 0 Å². The van der Waals surface area contributed by atoms with Crippen LogP contribution in [0.15, 0.2) is 23.1 Å². The number of nitrogens with zero attached hydrogens (tertiary/aromatic N) is 1. The second kappa shape index (κ2) is 6.37. The number of nitro benzene ring substituents is 1. The summed E-state index contributed by atoms with van der Waals surface area (Å²) in [7, 11) is -3.87. The van der Waals surface area contributed by atoms with Crippen molar-refractivity contribution < 1.29 is 18.1 Å². The Bertz CT molecular complexity index is 628. The van der Waals surface area contributed by atoms with Gasteiger partial charge in [-0.05, 0) is 32.9 Å². The number of sulfonamides is 1. The Hall–Kier alpha value is -1.71. The summed E-state index contributed by atoms with van der Waals surface area (Å²) in [5.41, 5.74) is 4.23. The maximum Gasteiger partial charge on any atom is 0.293 e. The zero-order chi connectivity index (χ0) is 16.3. The van der Waals surface area contributed by atoms with Crippen LogP contribution in [0, 0.1) is 10.1 Å². The smallest absolute Gasteiger partial charge is 0.293 e. The van der Waals surface area contributed by atoms with E-state index in [-0.39, 0.29) is 17.1 Å². The molecule has 0 saturated carbocycles. The first-order chi connectivity index (χ1) is 9.59. The molecule has 8 nitrogen and oxygen atoms in total. The number of nitrogens with one attached hydrogen (secondary N) is 1. The molecule has 0 atom stereocenters. The second-order valence-electron chi connectivity index (χ2n) is 4.99. The Morgan fingerprint density at radius 1 is 1.43 bits per heavy atom. The third-order valence-corrected chi connectivity index (χ3v) is 4.13. The summed E-state index contributed by atoms with van der Waals surface area (Å²) in [4.78, 5) is 9.86. The van der Waals surface area contributed by atoms with E-state index >= 15 is 0 Å². The van der Waals surface area contributed by atoms with Crippen molar-refractivity contribution in [3.63, 3.8) is 0 Å². The molecular weight excluding hydrogens is 298 g/mol. The number of benzene rings is 1. The summed E-state index contributed by atoms with van der Waals surface area (Å²) in [6, 6.07) is 3.35. The number of nitrogen functional groups attached to an aromatic ring is 1. The van der Waals surface area contributed by atoms with E-state index in [2.05, 4.69) is 4.72 Å². The molecule has 0 unspecified atom stereocenters. The molecule has 1 rings (SSSR count). The van der Waals surface area contributed by atoms with Crippen LogP contribution in [-0.4, -0.2) is 32.1 Å². The highest BCUT2D eigenvalue weighted by molar-refractivity contribution is 7.89. The molecule has 0 aliphatic rings. The highest BCUT2D eigenvalue weighted by Crippen LogP contribution is 2.24. The Morgan fingerprint density at radius 2 is 2.05 bits per heavy atom. The van der Waals surface area contributed by atoms with Crippen molar-refractivity contribution in [3.8, 4) is 0 Å². The molecule has 0 saturated heterocycles. The van der Waals surface area contributed by atoms with Crippen LogP contribution in [0.25, 0.3) is 0 Å². The molecule has 21 heavy (non-hydrogen) atoms. The minimum Gasteiger partial charge on any atom is -0.393 e. The van der Waals surface area contributed by atoms with E-state index in [0.717, 1.165) is 6.07 Å². The lowest BCUT2D eigenvalue weighted by Crippen LogP contribution is -2.40. The van der Waals surface area contributed by atoms with E-state index in [4.69, 9.17) is 10.5 Å². The van der Waals surface area contributed by atoms with Gasteiger partial charge in [0.2, 0.25) is 10.0 Å². The number of hydrogen-bond donors (Lipinski definition) is 2. The fourth-order valence-electron chi connectivity index (χ4n) is 1.64. The number of ether oxygens (including phenoxy) is 1. The van der Waals surface area contributed by atoms with Crippen LogP contribution in [0.3, 0.4) is 0 Å². The van der Waals surface area contributed by atoms with Gasteiger partial charge in [-0.25, -0.2) is 13.1 Å². The Morgan fingerprint density at radius 3 is 2.57 bits per heavy atom. The molecule has 0 aliphatic heterocycles. The number of hydrogen-bond acceptors (Lipinski definition) is 6. The molecule has 0 radical (unpaired) electrons. The van der Waals surface area contributed by atoms with Crippen molar-refractivity contribution in [1.29, 1.82) is 0 Å². The molecule has 1 aromatic rings. The predicted molar refractivity (Wildman–Crippen MR) is 78.4 cm³/mol. The zero-order valence-corrected chi connectivity index (χ0v) is 12.9. The molecule has 0 spiro atoms. The van der Waals surface area contributed by atoms with E-state index in [1.807, 2.05) is 0 Å². The summed E-state index contributed by atoms with van der Waals surface area (Å²) < 4.78 is 32.0. The predicted octanol–water partition coefficient (Wildman–Crippen LogP) is 1.27. The van der Waals surface area contributed by atoms with E-state index in [1.165, 1.54) is 12.1 Å². The monoisotopic (exact) mass is 317 g/mol. The van der Waals surface area contributed by atoms with Crippen molar-refractivity contribution in [2.24, 2.45) is 0 Å². The molecular formula is C12H19N3O5S. The van der Waals surface area contributed by atoms with Gasteiger partial charge in [-0.1, -0.05) is 0 Å². The van der Waals surface area contributed by atoms with Gasteiger partial charge in [-0.3, -0.25) is 10.1 Å². The lowest BCUT2D eigenvalue weighted by Gasteiger charge is -2.24. The quantitative estimate of drug-likeness (QED) is 0.443. The summed E-state index contributed by atoms with van der Waals surface area (Å²) in [6.07, 6.45) is 0. The van der Waals surface area contributed by atoms with Crippen LogP contribution in [-0.2, 0) is 14.8 Å². The molecule has 0 bridgehead atoms. The Balaban J connectivity index is 2.99. The van der Waals surface area contributed by atoms with Crippen molar-refractivity contribution in [1.82, 2.24) is 4.72 Å². The average Bonchev–Trinajstić information content (AvgIpc) is 2.36. The van der Waals surface area contributed by atoms with Gasteiger partial charge in [0.25, 0.3) is 5.69 Å². The highest BCUT2D eigenvalue weighted by Gasteiger charge is 2.24. The van der Waals surface area contributed by atoms with Gasteiger partial charge in [0.15, 0.2) is 0 Å². The number of nitrogens with two attached hydrogens (primary N) is 1. The molecule has 1 aromatic carbocycles. The third kappa shape index (κ3) is 4.66. The molecule has 118 valence electrons. The van der Waals surface area contributed by atoms with Crippen LogP contribution in [0.2, 0.25) is 0 Å². The summed E-state index contributed by atoms with van der Waals surface area (Å²) in [5.74, 6) is 0. The molecule has 0 aromatic heterocycles. The minimum atomic E-state index is -3.87. The summed E-state index contributed by atoms with van der Waals surface area (Å²) in [6.45, 7) is 5.78. The maximum atomic E-state index is 12.1. The number of nitro groups is 1. The van der Waals surface area contributed by atoms with Crippen LogP contribution in [0.4, 0.5) is 11.4 Å². The zero-order valence-electron chi connectivity index (χ0n) is 12.1. The van der Waals surface area contributed by atoms with Crippen molar-refractivity contribution in [2.45, 2.75) is 31.3 Å². The number of anilines is 1. The third-order valence-electron chi connectivity index (χ3n) is 2.73.